The maximum atomic E-state index is 12.6. The van der Waals surface area contributed by atoms with E-state index in [0.29, 0.717) is 25.9 Å². The topological polar surface area (TPSA) is 52.7 Å². The number of piperidine rings is 1. The van der Waals surface area contributed by atoms with Crippen molar-refractivity contribution >= 4 is 35.0 Å². The Balaban J connectivity index is 1.57. The number of hydrogen-bond acceptors (Lipinski definition) is 4. The summed E-state index contributed by atoms with van der Waals surface area (Å²) in [6, 6.07) is 6.18. The van der Waals surface area contributed by atoms with Crippen molar-refractivity contribution in [1.29, 1.82) is 0 Å². The minimum atomic E-state index is -0.0498. The highest BCUT2D eigenvalue weighted by molar-refractivity contribution is 7.99. The SMILES string of the molecule is C=CC(=O)N1CCC(C(=O)Nc2ccc(N3CCSCC3)c(C)c2)CC1. The zero-order chi connectivity index (χ0) is 18.5. The summed E-state index contributed by atoms with van der Waals surface area (Å²) in [6.45, 7) is 9.03. The van der Waals surface area contributed by atoms with E-state index in [-0.39, 0.29) is 17.7 Å². The summed E-state index contributed by atoms with van der Waals surface area (Å²) < 4.78 is 0. The third-order valence-corrected chi connectivity index (χ3v) is 6.11. The van der Waals surface area contributed by atoms with Crippen molar-refractivity contribution in [3.8, 4) is 0 Å². The predicted octanol–water partition coefficient (Wildman–Crippen LogP) is 2.91. The quantitative estimate of drug-likeness (QED) is 0.825. The fourth-order valence-electron chi connectivity index (χ4n) is 3.63. The molecular weight excluding hydrogens is 346 g/mol. The molecule has 0 bridgehead atoms. The van der Waals surface area contributed by atoms with E-state index in [4.69, 9.17) is 0 Å². The molecule has 2 aliphatic heterocycles. The van der Waals surface area contributed by atoms with Crippen LogP contribution in [0.15, 0.2) is 30.9 Å². The van der Waals surface area contributed by atoms with Crippen LogP contribution >= 0.6 is 11.8 Å². The van der Waals surface area contributed by atoms with Gasteiger partial charge in [0.2, 0.25) is 11.8 Å². The second kappa shape index (κ2) is 8.62. The third-order valence-electron chi connectivity index (χ3n) is 5.17. The number of thioether (sulfide) groups is 1. The second-order valence-corrected chi connectivity index (χ2v) is 8.12. The van der Waals surface area contributed by atoms with Crippen molar-refractivity contribution in [2.45, 2.75) is 19.8 Å². The lowest BCUT2D eigenvalue weighted by Gasteiger charge is -2.31. The lowest BCUT2D eigenvalue weighted by molar-refractivity contribution is -0.130. The van der Waals surface area contributed by atoms with Gasteiger partial charge in [-0.05, 0) is 49.6 Å². The van der Waals surface area contributed by atoms with Gasteiger partial charge in [-0.1, -0.05) is 6.58 Å². The summed E-state index contributed by atoms with van der Waals surface area (Å²) in [7, 11) is 0. The number of aryl methyl sites for hydroxylation is 1. The molecule has 5 nitrogen and oxygen atoms in total. The summed E-state index contributed by atoms with van der Waals surface area (Å²) in [6.07, 6.45) is 2.74. The number of anilines is 2. The predicted molar refractivity (Wildman–Crippen MR) is 109 cm³/mol. The Morgan fingerprint density at radius 2 is 1.88 bits per heavy atom. The highest BCUT2D eigenvalue weighted by atomic mass is 32.2. The van der Waals surface area contributed by atoms with Gasteiger partial charge in [0.05, 0.1) is 0 Å². The molecule has 3 rings (SSSR count). The van der Waals surface area contributed by atoms with Gasteiger partial charge in [0.15, 0.2) is 0 Å². The summed E-state index contributed by atoms with van der Waals surface area (Å²) in [5.74, 6) is 2.31. The summed E-state index contributed by atoms with van der Waals surface area (Å²) >= 11 is 2.00. The van der Waals surface area contributed by atoms with Gasteiger partial charge in [0.1, 0.15) is 0 Å². The molecule has 0 unspecified atom stereocenters. The highest BCUT2D eigenvalue weighted by Crippen LogP contribution is 2.27. The summed E-state index contributed by atoms with van der Waals surface area (Å²) in [5.41, 5.74) is 3.31. The lowest BCUT2D eigenvalue weighted by Crippen LogP contribution is -2.40. The lowest BCUT2D eigenvalue weighted by atomic mass is 9.95. The van der Waals surface area contributed by atoms with E-state index in [0.717, 1.165) is 18.8 Å². The number of nitrogens with one attached hydrogen (secondary N) is 1. The van der Waals surface area contributed by atoms with E-state index >= 15 is 0 Å². The van der Waals surface area contributed by atoms with Gasteiger partial charge in [0, 0.05) is 55.0 Å². The molecule has 6 heteroatoms. The van der Waals surface area contributed by atoms with Crippen molar-refractivity contribution in [3.63, 3.8) is 0 Å². The van der Waals surface area contributed by atoms with Crippen LogP contribution in [0.25, 0.3) is 0 Å². The average Bonchev–Trinajstić information content (AvgIpc) is 2.68. The molecule has 0 atom stereocenters. The van der Waals surface area contributed by atoms with Crippen LogP contribution in [0.5, 0.6) is 0 Å². The van der Waals surface area contributed by atoms with Gasteiger partial charge < -0.3 is 15.1 Å². The van der Waals surface area contributed by atoms with Crippen LogP contribution < -0.4 is 10.2 Å². The number of benzene rings is 1. The van der Waals surface area contributed by atoms with Crippen LogP contribution in [0.2, 0.25) is 0 Å². The number of carbonyl (C=O) groups is 2. The van der Waals surface area contributed by atoms with Gasteiger partial charge in [0.25, 0.3) is 0 Å². The number of amides is 2. The number of rotatable bonds is 4. The van der Waals surface area contributed by atoms with Crippen molar-refractivity contribution in [2.24, 2.45) is 5.92 Å². The Bertz CT molecular complexity index is 678. The fourth-order valence-corrected chi connectivity index (χ4v) is 4.53. The first-order chi connectivity index (χ1) is 12.6. The second-order valence-electron chi connectivity index (χ2n) is 6.89. The maximum absolute atomic E-state index is 12.6. The molecule has 2 amide bonds. The molecule has 2 heterocycles. The van der Waals surface area contributed by atoms with E-state index in [1.807, 2.05) is 17.8 Å². The van der Waals surface area contributed by atoms with Crippen molar-refractivity contribution in [3.05, 3.63) is 36.4 Å². The van der Waals surface area contributed by atoms with Crippen LogP contribution in [-0.2, 0) is 9.59 Å². The van der Waals surface area contributed by atoms with Gasteiger partial charge in [-0.3, -0.25) is 9.59 Å². The minimum absolute atomic E-state index is 0.0389. The van der Waals surface area contributed by atoms with E-state index in [1.165, 1.54) is 28.8 Å². The molecular formula is C20H27N3O2S. The molecule has 0 spiro atoms. The van der Waals surface area contributed by atoms with E-state index in [1.54, 1.807) is 4.90 Å². The molecule has 2 fully saturated rings. The summed E-state index contributed by atoms with van der Waals surface area (Å²) in [5, 5.41) is 3.06. The van der Waals surface area contributed by atoms with Crippen LogP contribution in [-0.4, -0.2) is 54.4 Å². The van der Waals surface area contributed by atoms with Gasteiger partial charge in [-0.2, -0.15) is 11.8 Å². The Labute approximate surface area is 159 Å². The standard InChI is InChI=1S/C20H27N3O2S/c1-3-19(24)23-8-6-16(7-9-23)20(25)21-17-4-5-18(15(2)14-17)22-10-12-26-13-11-22/h3-5,14,16H,1,6-13H2,2H3,(H,21,25). The van der Waals surface area contributed by atoms with Gasteiger partial charge in [-0.25, -0.2) is 0 Å². The van der Waals surface area contributed by atoms with Crippen molar-refractivity contribution in [1.82, 2.24) is 4.90 Å². The first-order valence-electron chi connectivity index (χ1n) is 9.24. The molecule has 2 aliphatic rings. The average molecular weight is 374 g/mol. The highest BCUT2D eigenvalue weighted by Gasteiger charge is 2.26. The third kappa shape index (κ3) is 4.41. The van der Waals surface area contributed by atoms with Crippen LogP contribution in [0.4, 0.5) is 11.4 Å². The molecule has 0 aliphatic carbocycles. The van der Waals surface area contributed by atoms with Crippen LogP contribution in [0.3, 0.4) is 0 Å². The van der Waals surface area contributed by atoms with Crippen molar-refractivity contribution < 1.29 is 9.59 Å². The first kappa shape index (κ1) is 18.8. The molecule has 26 heavy (non-hydrogen) atoms. The normalized spacial score (nSPS) is 18.5. The molecule has 140 valence electrons. The van der Waals surface area contributed by atoms with E-state index < -0.39 is 0 Å². The van der Waals surface area contributed by atoms with E-state index in [2.05, 4.69) is 35.9 Å². The molecule has 1 aromatic carbocycles. The van der Waals surface area contributed by atoms with Crippen LogP contribution in [0, 0.1) is 12.8 Å². The molecule has 0 radical (unpaired) electrons. The van der Waals surface area contributed by atoms with Crippen LogP contribution in [0.1, 0.15) is 18.4 Å². The van der Waals surface area contributed by atoms with Crippen molar-refractivity contribution in [2.75, 3.05) is 47.9 Å². The monoisotopic (exact) mass is 373 g/mol. The molecule has 1 aromatic rings. The molecule has 2 saturated heterocycles. The smallest absolute Gasteiger partial charge is 0.245 e. The Hall–Kier alpha value is -1.95. The molecule has 0 aromatic heterocycles. The van der Waals surface area contributed by atoms with E-state index in [9.17, 15) is 9.59 Å². The number of hydrogen-bond donors (Lipinski definition) is 1. The molecule has 0 saturated carbocycles. The Kier molecular flexibility index (Phi) is 6.25. The Morgan fingerprint density at radius 1 is 1.19 bits per heavy atom. The zero-order valence-corrected chi connectivity index (χ0v) is 16.2. The largest absolute Gasteiger partial charge is 0.370 e. The first-order valence-corrected chi connectivity index (χ1v) is 10.4. The van der Waals surface area contributed by atoms with Gasteiger partial charge in [-0.15, -0.1) is 0 Å². The number of likely N-dealkylation sites (tertiary alicyclic amines) is 1. The maximum Gasteiger partial charge on any atom is 0.245 e. The minimum Gasteiger partial charge on any atom is -0.370 e. The van der Waals surface area contributed by atoms with Gasteiger partial charge >= 0.3 is 0 Å². The summed E-state index contributed by atoms with van der Waals surface area (Å²) in [4.78, 5) is 28.4. The fraction of sp³-hybridized carbons (Fsp3) is 0.500. The Morgan fingerprint density at radius 3 is 2.50 bits per heavy atom. The molecule has 1 N–H and O–H groups in total. The zero-order valence-electron chi connectivity index (χ0n) is 15.4. The number of nitrogens with zero attached hydrogens (tertiary/aromatic N) is 2. The number of carbonyl (C=O) groups excluding carboxylic acids is 2.